The van der Waals surface area contributed by atoms with Crippen molar-refractivity contribution in [2.45, 2.75) is 20.0 Å². The highest BCUT2D eigenvalue weighted by Crippen LogP contribution is 2.22. The van der Waals surface area contributed by atoms with Crippen molar-refractivity contribution in [2.24, 2.45) is 0 Å². The van der Waals surface area contributed by atoms with Crippen LogP contribution in [0.2, 0.25) is 0 Å². The van der Waals surface area contributed by atoms with E-state index in [0.717, 1.165) is 6.07 Å². The van der Waals surface area contributed by atoms with Gasteiger partial charge in [-0.15, -0.1) is 0 Å². The van der Waals surface area contributed by atoms with Crippen LogP contribution in [0.3, 0.4) is 0 Å². The number of hydrogen-bond acceptors (Lipinski definition) is 3. The van der Waals surface area contributed by atoms with E-state index in [4.69, 9.17) is 9.84 Å². The number of benzene rings is 1. The van der Waals surface area contributed by atoms with E-state index >= 15 is 0 Å². The van der Waals surface area contributed by atoms with Gasteiger partial charge >= 0.3 is 5.97 Å². The first kappa shape index (κ1) is 12.2. The van der Waals surface area contributed by atoms with Crippen molar-refractivity contribution < 1.29 is 14.6 Å². The zero-order valence-electron chi connectivity index (χ0n) is 10.1. The predicted molar refractivity (Wildman–Crippen MR) is 67.3 cm³/mol. The number of hydrogen-bond donors (Lipinski definition) is 2. The smallest absolute Gasteiger partial charge is 0.352 e. The summed E-state index contributed by atoms with van der Waals surface area (Å²) in [7, 11) is 0. The van der Waals surface area contributed by atoms with Crippen LogP contribution in [0.1, 0.15) is 24.3 Å². The molecule has 2 aromatic rings. The molecule has 0 aliphatic heterocycles. The van der Waals surface area contributed by atoms with Crippen LogP contribution in [0.4, 0.5) is 0 Å². The monoisotopic (exact) mass is 247 g/mol. The molecule has 18 heavy (non-hydrogen) atoms. The highest BCUT2D eigenvalue weighted by Gasteiger charge is 2.11. The summed E-state index contributed by atoms with van der Waals surface area (Å²) in [6, 6.07) is 6.11. The minimum absolute atomic E-state index is 0.0624. The molecule has 0 unspecified atom stereocenters. The zero-order valence-corrected chi connectivity index (χ0v) is 10.1. The Balaban J connectivity index is 2.73. The molecule has 0 bridgehead atoms. The molecule has 1 heterocycles. The van der Waals surface area contributed by atoms with E-state index in [2.05, 4.69) is 4.98 Å². The van der Waals surface area contributed by atoms with E-state index in [-0.39, 0.29) is 17.2 Å². The van der Waals surface area contributed by atoms with Crippen molar-refractivity contribution in [1.29, 1.82) is 0 Å². The second kappa shape index (κ2) is 4.52. The molecule has 0 spiro atoms. The van der Waals surface area contributed by atoms with Gasteiger partial charge in [-0.2, -0.15) is 0 Å². The fourth-order valence-electron chi connectivity index (χ4n) is 1.71. The van der Waals surface area contributed by atoms with Gasteiger partial charge in [0.1, 0.15) is 11.4 Å². The van der Waals surface area contributed by atoms with Gasteiger partial charge in [-0.25, -0.2) is 4.79 Å². The Kier molecular flexibility index (Phi) is 3.06. The number of carboxylic acid groups (broad SMARTS) is 1. The molecule has 0 atom stereocenters. The Bertz CT molecular complexity index is 658. The fraction of sp³-hybridized carbons (Fsp3) is 0.231. The van der Waals surface area contributed by atoms with Crippen LogP contribution in [0, 0.1) is 0 Å². The lowest BCUT2D eigenvalue weighted by molar-refractivity contribution is 0.0691. The van der Waals surface area contributed by atoms with Gasteiger partial charge in [0, 0.05) is 11.5 Å². The van der Waals surface area contributed by atoms with Crippen molar-refractivity contribution in [2.75, 3.05) is 0 Å². The average molecular weight is 247 g/mol. The fourth-order valence-corrected chi connectivity index (χ4v) is 1.71. The Morgan fingerprint density at radius 1 is 1.39 bits per heavy atom. The number of ether oxygens (including phenoxy) is 1. The average Bonchev–Trinajstić information content (AvgIpc) is 2.29. The molecule has 0 aliphatic rings. The minimum atomic E-state index is -1.17. The van der Waals surface area contributed by atoms with Crippen LogP contribution >= 0.6 is 0 Å². The number of para-hydroxylation sites is 1. The van der Waals surface area contributed by atoms with Crippen molar-refractivity contribution in [3.8, 4) is 5.75 Å². The molecule has 2 rings (SSSR count). The first-order valence-electron chi connectivity index (χ1n) is 5.55. The molecule has 0 saturated carbocycles. The number of aromatic carboxylic acids is 1. The molecular formula is C13H13NO4. The van der Waals surface area contributed by atoms with Crippen molar-refractivity contribution >= 4 is 16.9 Å². The van der Waals surface area contributed by atoms with Gasteiger partial charge in [0.05, 0.1) is 11.6 Å². The molecule has 0 saturated heterocycles. The molecule has 2 N–H and O–H groups in total. The van der Waals surface area contributed by atoms with Gasteiger partial charge in [-0.1, -0.05) is 6.07 Å². The number of carboxylic acids is 1. The van der Waals surface area contributed by atoms with Crippen LogP contribution in [-0.2, 0) is 0 Å². The summed E-state index contributed by atoms with van der Waals surface area (Å²) >= 11 is 0. The number of H-pyrrole nitrogens is 1. The molecule has 94 valence electrons. The lowest BCUT2D eigenvalue weighted by Gasteiger charge is -2.12. The van der Waals surface area contributed by atoms with Crippen molar-refractivity contribution in [3.05, 3.63) is 40.2 Å². The van der Waals surface area contributed by atoms with E-state index in [1.165, 1.54) is 0 Å². The molecular weight excluding hydrogens is 234 g/mol. The summed E-state index contributed by atoms with van der Waals surface area (Å²) in [5.41, 5.74) is -0.0706. The summed E-state index contributed by atoms with van der Waals surface area (Å²) in [5.74, 6) is -0.698. The van der Waals surface area contributed by atoms with E-state index in [0.29, 0.717) is 16.7 Å². The molecule has 0 amide bonds. The molecule has 1 aromatic carbocycles. The molecule has 5 heteroatoms. The quantitative estimate of drug-likeness (QED) is 0.869. The number of fused-ring (bicyclic) bond motifs is 1. The number of rotatable bonds is 3. The second-order valence-corrected chi connectivity index (χ2v) is 4.20. The number of carbonyl (C=O) groups is 1. The summed E-state index contributed by atoms with van der Waals surface area (Å²) in [6.07, 6.45) is -0.0624. The SMILES string of the molecule is CC(C)Oc1cccc2c(=O)cc(C(=O)O)[nH]c12. The predicted octanol–water partition coefficient (Wildman–Crippen LogP) is 2.01. The third kappa shape index (κ3) is 2.20. The third-order valence-corrected chi connectivity index (χ3v) is 2.42. The van der Waals surface area contributed by atoms with E-state index in [1.807, 2.05) is 13.8 Å². The number of aromatic amines is 1. The number of nitrogens with one attached hydrogen (secondary N) is 1. The van der Waals surface area contributed by atoms with Gasteiger partial charge in [0.25, 0.3) is 0 Å². The lowest BCUT2D eigenvalue weighted by Crippen LogP contribution is -2.12. The van der Waals surface area contributed by atoms with Gasteiger partial charge in [0.2, 0.25) is 0 Å². The van der Waals surface area contributed by atoms with Crippen LogP contribution in [-0.4, -0.2) is 22.2 Å². The van der Waals surface area contributed by atoms with Crippen LogP contribution in [0.5, 0.6) is 5.75 Å². The Labute approximate surface area is 103 Å². The van der Waals surface area contributed by atoms with E-state index in [9.17, 15) is 9.59 Å². The third-order valence-electron chi connectivity index (χ3n) is 2.42. The summed E-state index contributed by atoms with van der Waals surface area (Å²) in [4.78, 5) is 25.4. The van der Waals surface area contributed by atoms with Gasteiger partial charge < -0.3 is 14.8 Å². The Morgan fingerprint density at radius 3 is 2.72 bits per heavy atom. The maximum Gasteiger partial charge on any atom is 0.352 e. The van der Waals surface area contributed by atoms with Crippen LogP contribution in [0.25, 0.3) is 10.9 Å². The topological polar surface area (TPSA) is 79.4 Å². The standard InChI is InChI=1S/C13H13NO4/c1-7(2)18-11-5-3-4-8-10(15)6-9(13(16)17)14-12(8)11/h3-7H,1-2H3,(H,14,15)(H,16,17). The van der Waals surface area contributed by atoms with Crippen LogP contribution < -0.4 is 10.2 Å². The molecule has 1 aromatic heterocycles. The molecule has 0 radical (unpaired) electrons. The van der Waals surface area contributed by atoms with Gasteiger partial charge in [-0.05, 0) is 26.0 Å². The van der Waals surface area contributed by atoms with E-state index < -0.39 is 5.97 Å². The highest BCUT2D eigenvalue weighted by molar-refractivity contribution is 5.91. The minimum Gasteiger partial charge on any atom is -0.489 e. The van der Waals surface area contributed by atoms with Crippen molar-refractivity contribution in [1.82, 2.24) is 4.98 Å². The van der Waals surface area contributed by atoms with Crippen molar-refractivity contribution in [3.63, 3.8) is 0 Å². The maximum absolute atomic E-state index is 11.8. The summed E-state index contributed by atoms with van der Waals surface area (Å²) in [6.45, 7) is 3.72. The normalized spacial score (nSPS) is 10.8. The largest absolute Gasteiger partial charge is 0.489 e. The Morgan fingerprint density at radius 2 is 2.11 bits per heavy atom. The van der Waals surface area contributed by atoms with Crippen LogP contribution in [0.15, 0.2) is 29.1 Å². The molecule has 0 aliphatic carbocycles. The first-order valence-corrected chi connectivity index (χ1v) is 5.55. The zero-order chi connectivity index (χ0) is 13.3. The van der Waals surface area contributed by atoms with Gasteiger partial charge in [-0.3, -0.25) is 4.79 Å². The Hall–Kier alpha value is -2.30. The molecule has 5 nitrogen and oxygen atoms in total. The summed E-state index contributed by atoms with van der Waals surface area (Å²) in [5, 5.41) is 9.35. The van der Waals surface area contributed by atoms with Gasteiger partial charge in [0.15, 0.2) is 5.43 Å². The first-order chi connectivity index (χ1) is 8.49. The second-order valence-electron chi connectivity index (χ2n) is 4.20. The van der Waals surface area contributed by atoms with E-state index in [1.54, 1.807) is 18.2 Å². The molecule has 0 fully saturated rings. The maximum atomic E-state index is 11.8. The highest BCUT2D eigenvalue weighted by atomic mass is 16.5. The summed E-state index contributed by atoms with van der Waals surface area (Å²) < 4.78 is 5.55. The number of aromatic nitrogens is 1. The number of pyridine rings is 1. The lowest BCUT2D eigenvalue weighted by atomic mass is 10.1.